The monoisotopic (exact) mass is 654 g/mol. The van der Waals surface area contributed by atoms with E-state index in [0.29, 0.717) is 51.7 Å². The molecule has 1 aliphatic rings. The molecule has 0 spiro atoms. The first-order valence-electron chi connectivity index (χ1n) is 16.5. The lowest BCUT2D eigenvalue weighted by molar-refractivity contribution is -0.132. The Morgan fingerprint density at radius 1 is 1.06 bits per heavy atom. The first kappa shape index (κ1) is 34.2. The minimum Gasteiger partial charge on any atom is -0.370 e. The summed E-state index contributed by atoms with van der Waals surface area (Å²) in [6.45, 7) is 2.88. The number of hydrogen-bond acceptors (Lipinski definition) is 6. The molecule has 4 aromatic rings. The number of imidazole rings is 1. The second-order valence-corrected chi connectivity index (χ2v) is 12.3. The van der Waals surface area contributed by atoms with Crippen LogP contribution in [0.25, 0.3) is 10.9 Å². The first-order valence-corrected chi connectivity index (χ1v) is 16.5. The molecule has 1 fully saturated rings. The smallest absolute Gasteiger partial charge is 0.243 e. The molecule has 2 aromatic carbocycles. The molecule has 48 heavy (non-hydrogen) atoms. The summed E-state index contributed by atoms with van der Waals surface area (Å²) in [6, 6.07) is 16.2. The van der Waals surface area contributed by atoms with Crippen molar-refractivity contribution in [3.63, 3.8) is 0 Å². The van der Waals surface area contributed by atoms with Gasteiger partial charge in [0.25, 0.3) is 0 Å². The molecular formula is C35H46N10O3. The molecule has 4 atom stereocenters. The lowest BCUT2D eigenvalue weighted by Crippen LogP contribution is -2.58. The van der Waals surface area contributed by atoms with Crippen molar-refractivity contribution in [3.8, 4) is 0 Å². The summed E-state index contributed by atoms with van der Waals surface area (Å²) < 4.78 is 0. The van der Waals surface area contributed by atoms with E-state index in [9.17, 15) is 14.4 Å². The number of fused-ring (bicyclic) bond motifs is 1. The number of hydrogen-bond donors (Lipinski definition) is 7. The van der Waals surface area contributed by atoms with Crippen molar-refractivity contribution < 1.29 is 14.4 Å². The average molecular weight is 655 g/mol. The Morgan fingerprint density at radius 2 is 1.85 bits per heavy atom. The van der Waals surface area contributed by atoms with E-state index in [2.05, 4.69) is 42.0 Å². The molecule has 13 heteroatoms. The number of para-hydroxylation sites is 1. The predicted molar refractivity (Wildman–Crippen MR) is 186 cm³/mol. The number of aliphatic imine (C=N–C) groups is 1. The van der Waals surface area contributed by atoms with Crippen LogP contribution in [0.4, 0.5) is 0 Å². The van der Waals surface area contributed by atoms with Crippen LogP contribution < -0.4 is 27.4 Å². The largest absolute Gasteiger partial charge is 0.370 e. The van der Waals surface area contributed by atoms with E-state index in [4.69, 9.17) is 11.5 Å². The number of carbonyl (C=O) groups excluding carboxylic acids is 3. The maximum Gasteiger partial charge on any atom is 0.243 e. The van der Waals surface area contributed by atoms with Crippen molar-refractivity contribution >= 4 is 34.6 Å². The molecule has 3 amide bonds. The van der Waals surface area contributed by atoms with Gasteiger partial charge in [0.05, 0.1) is 12.4 Å². The van der Waals surface area contributed by atoms with Crippen LogP contribution in [0, 0.1) is 0 Å². The topological polar surface area (TPSA) is 199 Å². The van der Waals surface area contributed by atoms with Crippen LogP contribution in [0.1, 0.15) is 43.0 Å². The van der Waals surface area contributed by atoms with E-state index in [1.165, 1.54) is 6.92 Å². The number of nitrogens with zero attached hydrogens (tertiary/aromatic N) is 3. The molecule has 9 N–H and O–H groups in total. The molecule has 1 aliphatic heterocycles. The fourth-order valence-electron chi connectivity index (χ4n) is 6.40. The van der Waals surface area contributed by atoms with Crippen molar-refractivity contribution in [3.05, 3.63) is 90.1 Å². The fourth-order valence-corrected chi connectivity index (χ4v) is 6.40. The third kappa shape index (κ3) is 9.44. The molecule has 4 unspecified atom stereocenters. The van der Waals surface area contributed by atoms with Crippen molar-refractivity contribution in [2.24, 2.45) is 16.5 Å². The van der Waals surface area contributed by atoms with Crippen LogP contribution >= 0.6 is 0 Å². The zero-order valence-corrected chi connectivity index (χ0v) is 27.3. The summed E-state index contributed by atoms with van der Waals surface area (Å²) in [7, 11) is 0. The SMILES string of the molecule is CC(=O)NC(Cc1cnc[nH]1)C(=O)NC(Cc1ccccc1)C1CCN(CCc2c[nH]c3ccccc23)C(=O)C(CCCN=C(N)N)N1. The molecular weight excluding hydrogens is 608 g/mol. The molecule has 5 rings (SSSR count). The minimum atomic E-state index is -0.809. The van der Waals surface area contributed by atoms with Gasteiger partial charge in [0.15, 0.2) is 5.96 Å². The van der Waals surface area contributed by atoms with Gasteiger partial charge in [-0.15, -0.1) is 0 Å². The molecule has 0 aliphatic carbocycles. The van der Waals surface area contributed by atoms with Gasteiger partial charge in [0.2, 0.25) is 17.7 Å². The normalized spacial score (nSPS) is 17.8. The Bertz CT molecular complexity index is 1670. The highest BCUT2D eigenvalue weighted by molar-refractivity contribution is 5.87. The average Bonchev–Trinajstić information content (AvgIpc) is 3.71. The van der Waals surface area contributed by atoms with Gasteiger partial charge in [-0.25, -0.2) is 4.98 Å². The van der Waals surface area contributed by atoms with E-state index < -0.39 is 12.1 Å². The number of nitrogens with one attached hydrogen (secondary N) is 5. The molecule has 0 radical (unpaired) electrons. The summed E-state index contributed by atoms with van der Waals surface area (Å²) in [5.41, 5.74) is 15.1. The highest BCUT2D eigenvalue weighted by Gasteiger charge is 2.35. The van der Waals surface area contributed by atoms with E-state index >= 15 is 0 Å². The quantitative estimate of drug-likeness (QED) is 0.0572. The van der Waals surface area contributed by atoms with Crippen LogP contribution in [0.15, 0.2) is 78.3 Å². The standard InChI is InChI=1S/C35H46N10O3/c1-23(46)42-32(19-26-21-38-22-41-26)33(47)44-31(18-24-8-3-2-4-9-24)29-14-17-45(34(48)30(43-29)12-7-15-39-35(36)37)16-13-25-20-40-28-11-6-5-10-27(25)28/h2-6,8-11,20-22,29-32,40,43H,7,12-19H2,1H3,(H,38,41)(H,42,46)(H,44,47)(H4,36,37,39). The van der Waals surface area contributed by atoms with Crippen LogP contribution in [0.5, 0.6) is 0 Å². The van der Waals surface area contributed by atoms with Crippen molar-refractivity contribution in [2.45, 2.75) is 69.6 Å². The number of guanidine groups is 1. The zero-order chi connectivity index (χ0) is 33.9. The molecule has 2 aromatic heterocycles. The number of aromatic nitrogens is 3. The maximum absolute atomic E-state index is 14.1. The third-order valence-corrected chi connectivity index (χ3v) is 8.79. The van der Waals surface area contributed by atoms with E-state index in [1.807, 2.05) is 59.6 Å². The van der Waals surface area contributed by atoms with Gasteiger partial charge < -0.3 is 42.3 Å². The first-order chi connectivity index (χ1) is 23.3. The zero-order valence-electron chi connectivity index (χ0n) is 27.3. The van der Waals surface area contributed by atoms with E-state index in [1.54, 1.807) is 12.5 Å². The summed E-state index contributed by atoms with van der Waals surface area (Å²) in [4.78, 5) is 56.5. The molecule has 1 saturated heterocycles. The van der Waals surface area contributed by atoms with Gasteiger partial charge in [0, 0.05) is 74.1 Å². The Hall–Kier alpha value is -5.17. The summed E-state index contributed by atoms with van der Waals surface area (Å²) in [5.74, 6) is -0.581. The van der Waals surface area contributed by atoms with Gasteiger partial charge in [-0.3, -0.25) is 19.4 Å². The van der Waals surface area contributed by atoms with Crippen molar-refractivity contribution in [2.75, 3.05) is 19.6 Å². The van der Waals surface area contributed by atoms with E-state index in [-0.39, 0.29) is 42.2 Å². The molecule has 3 heterocycles. The Labute approximate surface area is 280 Å². The Kier molecular flexibility index (Phi) is 11.8. The number of amides is 3. The number of nitrogens with two attached hydrogens (primary N) is 2. The van der Waals surface area contributed by atoms with Crippen LogP contribution in [-0.2, 0) is 33.6 Å². The van der Waals surface area contributed by atoms with E-state index in [0.717, 1.165) is 27.7 Å². The highest BCUT2D eigenvalue weighted by Crippen LogP contribution is 2.21. The Morgan fingerprint density at radius 3 is 2.60 bits per heavy atom. The fraction of sp³-hybridized carbons (Fsp3) is 0.400. The second kappa shape index (κ2) is 16.6. The van der Waals surface area contributed by atoms with Gasteiger partial charge >= 0.3 is 0 Å². The van der Waals surface area contributed by atoms with Crippen LogP contribution in [0.3, 0.4) is 0 Å². The number of aromatic amines is 2. The molecule has 13 nitrogen and oxygen atoms in total. The highest BCUT2D eigenvalue weighted by atomic mass is 16.2. The number of H-pyrrole nitrogens is 2. The number of carbonyl (C=O) groups is 3. The minimum absolute atomic E-state index is 0.0159. The summed E-state index contributed by atoms with van der Waals surface area (Å²) in [6.07, 6.45) is 8.44. The summed E-state index contributed by atoms with van der Waals surface area (Å²) >= 11 is 0. The lowest BCUT2D eigenvalue weighted by Gasteiger charge is -2.31. The number of rotatable bonds is 15. The number of benzene rings is 2. The van der Waals surface area contributed by atoms with Gasteiger partial charge in [-0.2, -0.15) is 0 Å². The maximum atomic E-state index is 14.1. The lowest BCUT2D eigenvalue weighted by atomic mass is 9.95. The Balaban J connectivity index is 1.37. The van der Waals surface area contributed by atoms with Crippen molar-refractivity contribution in [1.29, 1.82) is 0 Å². The predicted octanol–water partition coefficient (Wildman–Crippen LogP) is 1.52. The van der Waals surface area contributed by atoms with Gasteiger partial charge in [0.1, 0.15) is 6.04 Å². The van der Waals surface area contributed by atoms with Crippen LogP contribution in [0.2, 0.25) is 0 Å². The molecule has 254 valence electrons. The van der Waals surface area contributed by atoms with Crippen molar-refractivity contribution in [1.82, 2.24) is 35.8 Å². The van der Waals surface area contributed by atoms with Crippen LogP contribution in [-0.4, -0.2) is 87.3 Å². The molecule has 0 bridgehead atoms. The third-order valence-electron chi connectivity index (χ3n) is 8.79. The van der Waals surface area contributed by atoms with Gasteiger partial charge in [-0.1, -0.05) is 48.5 Å². The second-order valence-electron chi connectivity index (χ2n) is 12.3. The summed E-state index contributed by atoms with van der Waals surface area (Å²) in [5, 5.41) is 10.8. The van der Waals surface area contributed by atoms with Gasteiger partial charge in [-0.05, 0) is 49.3 Å². The molecule has 0 saturated carbocycles.